The van der Waals surface area contributed by atoms with Crippen molar-refractivity contribution in [2.75, 3.05) is 25.2 Å². The molecule has 1 N–H and O–H groups in total. The second-order valence-corrected chi connectivity index (χ2v) is 6.84. The van der Waals surface area contributed by atoms with Crippen molar-refractivity contribution in [3.05, 3.63) is 23.8 Å². The smallest absolute Gasteiger partial charge is 0.125 e. The van der Waals surface area contributed by atoms with Crippen molar-refractivity contribution in [1.82, 2.24) is 5.32 Å². The molecule has 1 fully saturated rings. The fourth-order valence-corrected chi connectivity index (χ4v) is 4.49. The van der Waals surface area contributed by atoms with Gasteiger partial charge in [-0.2, -0.15) is 11.8 Å². The highest BCUT2D eigenvalue weighted by Gasteiger charge is 2.41. The molecule has 1 unspecified atom stereocenters. The second-order valence-electron chi connectivity index (χ2n) is 5.62. The molecule has 0 saturated carbocycles. The van der Waals surface area contributed by atoms with Crippen molar-refractivity contribution in [2.24, 2.45) is 0 Å². The number of hydrogen-bond acceptors (Lipinski definition) is 4. The number of thioether (sulfide) groups is 1. The standard InChI is InChI=1S/C16H23NO2S/c1-3-17-14-11-16(6-8-20-9-7-16)19-15-5-4-12(18-2)10-13(14)15/h4-5,10,14,17H,3,6-9,11H2,1-2H3. The van der Waals surface area contributed by atoms with Gasteiger partial charge in [0.05, 0.1) is 7.11 Å². The molecule has 110 valence electrons. The van der Waals surface area contributed by atoms with Gasteiger partial charge in [-0.3, -0.25) is 0 Å². The Morgan fingerprint density at radius 3 is 2.90 bits per heavy atom. The van der Waals surface area contributed by atoms with Crippen LogP contribution in [0.4, 0.5) is 0 Å². The van der Waals surface area contributed by atoms with Crippen molar-refractivity contribution >= 4 is 11.8 Å². The van der Waals surface area contributed by atoms with Crippen LogP contribution >= 0.6 is 11.8 Å². The predicted molar refractivity (Wildman–Crippen MR) is 83.9 cm³/mol. The van der Waals surface area contributed by atoms with Crippen molar-refractivity contribution < 1.29 is 9.47 Å². The van der Waals surface area contributed by atoms with E-state index in [2.05, 4.69) is 24.4 Å². The number of ether oxygens (including phenoxy) is 2. The first-order valence-corrected chi connectivity index (χ1v) is 8.60. The fourth-order valence-electron chi connectivity index (χ4n) is 3.25. The summed E-state index contributed by atoms with van der Waals surface area (Å²) in [7, 11) is 1.72. The summed E-state index contributed by atoms with van der Waals surface area (Å²) < 4.78 is 11.8. The van der Waals surface area contributed by atoms with Gasteiger partial charge in [-0.25, -0.2) is 0 Å². The largest absolute Gasteiger partial charge is 0.497 e. The monoisotopic (exact) mass is 293 g/mol. The zero-order chi connectivity index (χ0) is 14.0. The van der Waals surface area contributed by atoms with E-state index in [1.807, 2.05) is 17.8 Å². The minimum Gasteiger partial charge on any atom is -0.497 e. The van der Waals surface area contributed by atoms with E-state index >= 15 is 0 Å². The molecule has 2 aliphatic heterocycles. The van der Waals surface area contributed by atoms with Crippen LogP contribution in [0, 0.1) is 0 Å². The molecular weight excluding hydrogens is 270 g/mol. The molecule has 0 aromatic heterocycles. The molecule has 0 amide bonds. The first-order chi connectivity index (χ1) is 9.76. The van der Waals surface area contributed by atoms with Gasteiger partial charge < -0.3 is 14.8 Å². The molecule has 2 aliphatic rings. The Morgan fingerprint density at radius 1 is 1.40 bits per heavy atom. The number of rotatable bonds is 3. The summed E-state index contributed by atoms with van der Waals surface area (Å²) in [5, 5.41) is 3.62. The van der Waals surface area contributed by atoms with E-state index in [4.69, 9.17) is 9.47 Å². The zero-order valence-electron chi connectivity index (χ0n) is 12.3. The molecule has 2 heterocycles. The van der Waals surface area contributed by atoms with Crippen LogP contribution in [0.1, 0.15) is 37.8 Å². The lowest BCUT2D eigenvalue weighted by Gasteiger charge is -2.44. The number of hydrogen-bond donors (Lipinski definition) is 1. The van der Waals surface area contributed by atoms with Gasteiger partial charge in [-0.15, -0.1) is 0 Å². The maximum absolute atomic E-state index is 6.43. The van der Waals surface area contributed by atoms with E-state index in [1.165, 1.54) is 17.1 Å². The maximum atomic E-state index is 6.43. The van der Waals surface area contributed by atoms with Gasteiger partial charge in [0.2, 0.25) is 0 Å². The first-order valence-electron chi connectivity index (χ1n) is 7.44. The number of nitrogens with one attached hydrogen (secondary N) is 1. The topological polar surface area (TPSA) is 30.5 Å². The Hall–Kier alpha value is -0.870. The Bertz CT molecular complexity index is 472. The lowest BCUT2D eigenvalue weighted by atomic mass is 9.83. The van der Waals surface area contributed by atoms with E-state index in [0.29, 0.717) is 6.04 Å². The summed E-state index contributed by atoms with van der Waals surface area (Å²) in [5.41, 5.74) is 1.29. The molecule has 20 heavy (non-hydrogen) atoms. The molecule has 1 saturated heterocycles. The number of fused-ring (bicyclic) bond motifs is 1. The summed E-state index contributed by atoms with van der Waals surface area (Å²) in [4.78, 5) is 0. The van der Waals surface area contributed by atoms with Crippen LogP contribution in [0.5, 0.6) is 11.5 Å². The molecule has 3 nitrogen and oxygen atoms in total. The Kier molecular flexibility index (Phi) is 4.13. The van der Waals surface area contributed by atoms with Gasteiger partial charge in [0.1, 0.15) is 17.1 Å². The Morgan fingerprint density at radius 2 is 2.20 bits per heavy atom. The molecular formula is C16H23NO2S. The molecule has 0 aliphatic carbocycles. The van der Waals surface area contributed by atoms with Crippen LogP contribution in [-0.2, 0) is 0 Å². The van der Waals surface area contributed by atoms with E-state index in [9.17, 15) is 0 Å². The lowest BCUT2D eigenvalue weighted by molar-refractivity contribution is 0.0227. The van der Waals surface area contributed by atoms with E-state index in [0.717, 1.165) is 37.3 Å². The van der Waals surface area contributed by atoms with Crippen molar-refractivity contribution in [3.8, 4) is 11.5 Å². The summed E-state index contributed by atoms with van der Waals surface area (Å²) in [6.07, 6.45) is 3.39. The van der Waals surface area contributed by atoms with E-state index in [1.54, 1.807) is 7.11 Å². The third-order valence-corrected chi connectivity index (χ3v) is 5.34. The second kappa shape index (κ2) is 5.86. The van der Waals surface area contributed by atoms with Gasteiger partial charge in [-0.05, 0) is 49.1 Å². The van der Waals surface area contributed by atoms with Crippen LogP contribution in [-0.4, -0.2) is 30.8 Å². The molecule has 4 heteroatoms. The van der Waals surface area contributed by atoms with Gasteiger partial charge in [0, 0.05) is 18.0 Å². The zero-order valence-corrected chi connectivity index (χ0v) is 13.1. The minimum absolute atomic E-state index is 0.0413. The van der Waals surface area contributed by atoms with Crippen molar-refractivity contribution in [3.63, 3.8) is 0 Å². The van der Waals surface area contributed by atoms with Crippen LogP contribution in [0.25, 0.3) is 0 Å². The average molecular weight is 293 g/mol. The Labute approximate surface area is 125 Å². The average Bonchev–Trinajstić information content (AvgIpc) is 2.48. The molecule has 1 aromatic rings. The summed E-state index contributed by atoms with van der Waals surface area (Å²) in [5.74, 6) is 4.37. The summed E-state index contributed by atoms with van der Waals surface area (Å²) >= 11 is 2.04. The van der Waals surface area contributed by atoms with E-state index < -0.39 is 0 Å². The SMILES string of the molecule is CCNC1CC2(CCSCC2)Oc2ccc(OC)cc21. The highest BCUT2D eigenvalue weighted by Crippen LogP contribution is 2.46. The van der Waals surface area contributed by atoms with Crippen LogP contribution in [0.3, 0.4) is 0 Å². The highest BCUT2D eigenvalue weighted by molar-refractivity contribution is 7.99. The first kappa shape index (κ1) is 14.1. The molecule has 0 bridgehead atoms. The molecule has 3 rings (SSSR count). The molecule has 1 aromatic carbocycles. The Balaban J connectivity index is 1.93. The van der Waals surface area contributed by atoms with Crippen LogP contribution in [0.2, 0.25) is 0 Å². The third-order valence-electron chi connectivity index (χ3n) is 4.35. The molecule has 1 atom stereocenters. The van der Waals surface area contributed by atoms with Gasteiger partial charge in [-0.1, -0.05) is 6.92 Å². The summed E-state index contributed by atoms with van der Waals surface area (Å²) in [6.45, 7) is 3.14. The van der Waals surface area contributed by atoms with Crippen molar-refractivity contribution in [2.45, 2.75) is 37.8 Å². The number of methoxy groups -OCH3 is 1. The lowest BCUT2D eigenvalue weighted by Crippen LogP contribution is -2.46. The molecule has 1 spiro atoms. The van der Waals surface area contributed by atoms with Crippen molar-refractivity contribution in [1.29, 1.82) is 0 Å². The van der Waals surface area contributed by atoms with E-state index in [-0.39, 0.29) is 5.60 Å². The highest BCUT2D eigenvalue weighted by atomic mass is 32.2. The maximum Gasteiger partial charge on any atom is 0.125 e. The normalized spacial score (nSPS) is 24.0. The van der Waals surface area contributed by atoms with Crippen LogP contribution in [0.15, 0.2) is 18.2 Å². The number of benzene rings is 1. The van der Waals surface area contributed by atoms with Crippen LogP contribution < -0.4 is 14.8 Å². The quantitative estimate of drug-likeness (QED) is 0.925. The fraction of sp³-hybridized carbons (Fsp3) is 0.625. The van der Waals surface area contributed by atoms with Gasteiger partial charge >= 0.3 is 0 Å². The summed E-state index contributed by atoms with van der Waals surface area (Å²) in [6, 6.07) is 6.56. The van der Waals surface area contributed by atoms with Gasteiger partial charge in [0.25, 0.3) is 0 Å². The predicted octanol–water partition coefficient (Wildman–Crippen LogP) is 3.39. The molecule has 0 radical (unpaired) electrons. The minimum atomic E-state index is 0.0413. The van der Waals surface area contributed by atoms with Gasteiger partial charge in [0.15, 0.2) is 0 Å². The third kappa shape index (κ3) is 2.63.